The number of rotatable bonds is 8. The molecule has 4 rings (SSSR count). The average molecular weight is 478 g/mol. The van der Waals surface area contributed by atoms with Gasteiger partial charge < -0.3 is 10.6 Å². The van der Waals surface area contributed by atoms with Crippen LogP contribution in [0.5, 0.6) is 0 Å². The molecule has 1 aromatic heterocycles. The van der Waals surface area contributed by atoms with E-state index in [-0.39, 0.29) is 5.91 Å². The number of carbonyl (C=O) groups excluding carboxylic acids is 1. The number of aromatic nitrogens is 3. The molecule has 0 amide bonds. The maximum absolute atomic E-state index is 12.9. The standard InChI is InChI=1S/C25H21Cl2N5O/c26-21-12-6-4-10-19(21)16-28-24-30-25(29-17-20-11-5-7-13-22(20)27)32(31-24)23(33)15-14-18-8-2-1-3-9-18/h1-15H,16-17H2,(H2,28,29,30,31). The minimum atomic E-state index is -0.334. The smallest absolute Gasteiger partial charge is 0.274 e. The van der Waals surface area contributed by atoms with Crippen molar-refractivity contribution in [2.24, 2.45) is 0 Å². The second-order valence-corrected chi connectivity index (χ2v) is 7.96. The molecule has 0 aliphatic carbocycles. The molecule has 0 saturated carbocycles. The largest absolute Gasteiger partial charge is 0.350 e. The van der Waals surface area contributed by atoms with Crippen molar-refractivity contribution in [3.63, 3.8) is 0 Å². The quantitative estimate of drug-likeness (QED) is 0.297. The van der Waals surface area contributed by atoms with Gasteiger partial charge in [0.2, 0.25) is 11.9 Å². The van der Waals surface area contributed by atoms with Crippen molar-refractivity contribution >= 4 is 47.1 Å². The van der Waals surface area contributed by atoms with Gasteiger partial charge in [0.1, 0.15) is 0 Å². The Balaban J connectivity index is 1.55. The van der Waals surface area contributed by atoms with E-state index in [9.17, 15) is 4.79 Å². The van der Waals surface area contributed by atoms with Gasteiger partial charge in [0, 0.05) is 29.2 Å². The lowest BCUT2D eigenvalue weighted by Crippen LogP contribution is -2.14. The zero-order valence-electron chi connectivity index (χ0n) is 17.6. The molecule has 0 spiro atoms. The van der Waals surface area contributed by atoms with E-state index in [2.05, 4.69) is 20.7 Å². The number of nitrogens with one attached hydrogen (secondary N) is 2. The molecule has 0 aliphatic heterocycles. The first-order chi connectivity index (χ1) is 16.1. The summed E-state index contributed by atoms with van der Waals surface area (Å²) in [5.41, 5.74) is 2.69. The van der Waals surface area contributed by atoms with Gasteiger partial charge in [-0.15, -0.1) is 5.10 Å². The molecule has 2 N–H and O–H groups in total. The molecule has 166 valence electrons. The van der Waals surface area contributed by atoms with Gasteiger partial charge in [-0.25, -0.2) is 0 Å². The van der Waals surface area contributed by atoms with Crippen LogP contribution >= 0.6 is 23.2 Å². The van der Waals surface area contributed by atoms with Crippen molar-refractivity contribution in [3.8, 4) is 0 Å². The second kappa shape index (κ2) is 10.8. The minimum Gasteiger partial charge on any atom is -0.350 e. The minimum absolute atomic E-state index is 0.304. The molecule has 0 aliphatic rings. The van der Waals surface area contributed by atoms with E-state index in [1.807, 2.05) is 78.9 Å². The highest BCUT2D eigenvalue weighted by Crippen LogP contribution is 2.19. The highest BCUT2D eigenvalue weighted by atomic mass is 35.5. The average Bonchev–Trinajstić information content (AvgIpc) is 3.25. The normalized spacial score (nSPS) is 11.0. The number of anilines is 2. The van der Waals surface area contributed by atoms with Crippen LogP contribution in [0.4, 0.5) is 11.9 Å². The summed E-state index contributed by atoms with van der Waals surface area (Å²) in [6.45, 7) is 0.805. The van der Waals surface area contributed by atoms with Crippen LogP contribution in [-0.2, 0) is 13.1 Å². The first kappa shape index (κ1) is 22.6. The Morgan fingerprint density at radius 3 is 2.03 bits per heavy atom. The fourth-order valence-corrected chi connectivity index (χ4v) is 3.49. The SMILES string of the molecule is O=C(C=Cc1ccccc1)n1nc(NCc2ccccc2Cl)nc1NCc1ccccc1Cl. The molecule has 0 bridgehead atoms. The highest BCUT2D eigenvalue weighted by molar-refractivity contribution is 6.31. The molecule has 3 aromatic carbocycles. The predicted molar refractivity (Wildman–Crippen MR) is 134 cm³/mol. The molecule has 0 unspecified atom stereocenters. The summed E-state index contributed by atoms with van der Waals surface area (Å²) >= 11 is 12.5. The third-order valence-electron chi connectivity index (χ3n) is 4.82. The lowest BCUT2D eigenvalue weighted by atomic mass is 10.2. The van der Waals surface area contributed by atoms with Crippen LogP contribution in [0, 0.1) is 0 Å². The topological polar surface area (TPSA) is 71.8 Å². The van der Waals surface area contributed by atoms with Gasteiger partial charge in [-0.2, -0.15) is 9.67 Å². The van der Waals surface area contributed by atoms with Gasteiger partial charge >= 0.3 is 0 Å². The van der Waals surface area contributed by atoms with Crippen molar-refractivity contribution in [1.29, 1.82) is 0 Å². The van der Waals surface area contributed by atoms with E-state index in [0.29, 0.717) is 35.0 Å². The molecule has 0 fully saturated rings. The first-order valence-electron chi connectivity index (χ1n) is 10.3. The molecule has 6 nitrogen and oxygen atoms in total. The van der Waals surface area contributed by atoms with E-state index in [0.717, 1.165) is 16.7 Å². The van der Waals surface area contributed by atoms with Crippen LogP contribution in [0.25, 0.3) is 6.08 Å². The summed E-state index contributed by atoms with van der Waals surface area (Å²) in [6, 6.07) is 24.6. The fraction of sp³-hybridized carbons (Fsp3) is 0.0800. The predicted octanol–water partition coefficient (Wildman–Crippen LogP) is 6.16. The van der Waals surface area contributed by atoms with Gasteiger partial charge in [-0.3, -0.25) is 4.79 Å². The van der Waals surface area contributed by atoms with E-state index in [1.54, 1.807) is 6.08 Å². The summed E-state index contributed by atoms with van der Waals surface area (Å²) in [5.74, 6) is 0.274. The number of allylic oxidation sites excluding steroid dienone is 1. The van der Waals surface area contributed by atoms with Crippen LogP contribution in [0.2, 0.25) is 10.0 Å². The fourth-order valence-electron chi connectivity index (χ4n) is 3.09. The number of nitrogens with zero attached hydrogens (tertiary/aromatic N) is 3. The molecule has 1 heterocycles. The Morgan fingerprint density at radius 1 is 0.818 bits per heavy atom. The molecule has 33 heavy (non-hydrogen) atoms. The zero-order chi connectivity index (χ0) is 23.0. The third-order valence-corrected chi connectivity index (χ3v) is 5.56. The Labute approximate surface area is 201 Å². The van der Waals surface area contributed by atoms with Gasteiger partial charge in [0.05, 0.1) is 0 Å². The number of hydrogen-bond donors (Lipinski definition) is 2. The highest BCUT2D eigenvalue weighted by Gasteiger charge is 2.15. The number of carbonyl (C=O) groups is 1. The summed E-state index contributed by atoms with van der Waals surface area (Å²) in [7, 11) is 0. The number of hydrogen-bond acceptors (Lipinski definition) is 5. The monoisotopic (exact) mass is 477 g/mol. The Morgan fingerprint density at radius 2 is 1.39 bits per heavy atom. The van der Waals surface area contributed by atoms with Crippen molar-refractivity contribution < 1.29 is 4.79 Å². The van der Waals surface area contributed by atoms with Gasteiger partial charge in [-0.1, -0.05) is 89.9 Å². The first-order valence-corrected chi connectivity index (χ1v) is 11.0. The molecule has 8 heteroatoms. The zero-order valence-corrected chi connectivity index (χ0v) is 19.1. The Kier molecular flexibility index (Phi) is 7.40. The van der Waals surface area contributed by atoms with Crippen molar-refractivity contribution in [2.45, 2.75) is 13.1 Å². The third kappa shape index (κ3) is 6.00. The molecule has 4 aromatic rings. The van der Waals surface area contributed by atoms with Crippen LogP contribution in [0.1, 0.15) is 21.5 Å². The van der Waals surface area contributed by atoms with Gasteiger partial charge in [0.25, 0.3) is 5.91 Å². The second-order valence-electron chi connectivity index (χ2n) is 7.14. The van der Waals surface area contributed by atoms with Crippen LogP contribution in [-0.4, -0.2) is 20.7 Å². The lowest BCUT2D eigenvalue weighted by Gasteiger charge is -2.07. The number of benzene rings is 3. The van der Waals surface area contributed by atoms with E-state index in [4.69, 9.17) is 23.2 Å². The van der Waals surface area contributed by atoms with E-state index in [1.165, 1.54) is 10.8 Å². The summed E-state index contributed by atoms with van der Waals surface area (Å²) < 4.78 is 1.23. The van der Waals surface area contributed by atoms with Crippen LogP contribution < -0.4 is 10.6 Å². The molecule has 0 saturated heterocycles. The molecule has 0 radical (unpaired) electrons. The van der Waals surface area contributed by atoms with Crippen molar-refractivity contribution in [3.05, 3.63) is 112 Å². The van der Waals surface area contributed by atoms with Gasteiger partial charge in [-0.05, 0) is 34.9 Å². The summed E-state index contributed by atoms with van der Waals surface area (Å²) in [6.07, 6.45) is 3.20. The molecular formula is C25H21Cl2N5O. The maximum atomic E-state index is 12.9. The van der Waals surface area contributed by atoms with Crippen molar-refractivity contribution in [2.75, 3.05) is 10.6 Å². The Hall–Kier alpha value is -3.61. The van der Waals surface area contributed by atoms with Crippen LogP contribution in [0.3, 0.4) is 0 Å². The number of halogens is 2. The maximum Gasteiger partial charge on any atom is 0.274 e. The van der Waals surface area contributed by atoms with Crippen LogP contribution in [0.15, 0.2) is 84.9 Å². The lowest BCUT2D eigenvalue weighted by molar-refractivity contribution is 0.0957. The Bertz CT molecular complexity index is 1270. The molecular weight excluding hydrogens is 457 g/mol. The van der Waals surface area contributed by atoms with E-state index < -0.39 is 0 Å². The summed E-state index contributed by atoms with van der Waals surface area (Å²) in [4.78, 5) is 17.4. The van der Waals surface area contributed by atoms with Gasteiger partial charge in [0.15, 0.2) is 0 Å². The van der Waals surface area contributed by atoms with E-state index >= 15 is 0 Å². The van der Waals surface area contributed by atoms with Crippen molar-refractivity contribution in [1.82, 2.24) is 14.8 Å². The molecule has 0 atom stereocenters. The summed E-state index contributed by atoms with van der Waals surface area (Å²) in [5, 5.41) is 11.9.